The number of carbonyl (C=O) groups excluding carboxylic acids is 2. The van der Waals surface area contributed by atoms with E-state index in [1.807, 2.05) is 0 Å². The zero-order valence-electron chi connectivity index (χ0n) is 15.9. The van der Waals surface area contributed by atoms with E-state index < -0.39 is 11.8 Å². The van der Waals surface area contributed by atoms with Crippen LogP contribution in [0, 0.1) is 5.82 Å². The average Bonchev–Trinajstić information content (AvgIpc) is 3.28. The second-order valence-electron chi connectivity index (χ2n) is 6.90. The Hall–Kier alpha value is -3.48. The Kier molecular flexibility index (Phi) is 5.12. The van der Waals surface area contributed by atoms with E-state index >= 15 is 0 Å². The number of likely N-dealkylation sites (tertiary alicyclic amines) is 1. The van der Waals surface area contributed by atoms with Gasteiger partial charge in [0.15, 0.2) is 0 Å². The molecule has 1 fully saturated rings. The molecule has 0 bridgehead atoms. The number of fused-ring (bicyclic) bond motifs is 1. The van der Waals surface area contributed by atoms with Gasteiger partial charge in [0, 0.05) is 30.4 Å². The maximum Gasteiger partial charge on any atom is 0.337 e. The first-order valence-electron chi connectivity index (χ1n) is 9.40. The van der Waals surface area contributed by atoms with Crippen molar-refractivity contribution < 1.29 is 18.7 Å². The van der Waals surface area contributed by atoms with Crippen LogP contribution in [-0.2, 0) is 4.74 Å². The van der Waals surface area contributed by atoms with Gasteiger partial charge in [-0.3, -0.25) is 9.78 Å². The van der Waals surface area contributed by atoms with E-state index in [1.54, 1.807) is 35.2 Å². The fourth-order valence-corrected chi connectivity index (χ4v) is 3.50. The maximum absolute atomic E-state index is 14.0. The van der Waals surface area contributed by atoms with Crippen LogP contribution in [0.2, 0.25) is 0 Å². The topological polar surface area (TPSA) is 71.5 Å². The van der Waals surface area contributed by atoms with Gasteiger partial charge in [-0.2, -0.15) is 0 Å². The number of anilines is 2. The largest absolute Gasteiger partial charge is 0.465 e. The molecular weight excluding hydrogens is 373 g/mol. The van der Waals surface area contributed by atoms with Crippen LogP contribution in [-0.4, -0.2) is 42.0 Å². The van der Waals surface area contributed by atoms with Gasteiger partial charge in [-0.15, -0.1) is 0 Å². The van der Waals surface area contributed by atoms with Gasteiger partial charge in [0.2, 0.25) is 0 Å². The summed E-state index contributed by atoms with van der Waals surface area (Å²) >= 11 is 0. The molecule has 7 heteroatoms. The van der Waals surface area contributed by atoms with Crippen LogP contribution in [0.3, 0.4) is 0 Å². The molecule has 1 aliphatic rings. The van der Waals surface area contributed by atoms with Crippen LogP contribution in [0.1, 0.15) is 33.6 Å². The average molecular weight is 393 g/mol. The summed E-state index contributed by atoms with van der Waals surface area (Å²) in [6, 6.07) is 11.0. The monoisotopic (exact) mass is 393 g/mol. The number of benzene rings is 2. The van der Waals surface area contributed by atoms with E-state index in [-0.39, 0.29) is 5.91 Å². The number of aromatic nitrogens is 1. The minimum atomic E-state index is -0.433. The van der Waals surface area contributed by atoms with E-state index in [4.69, 9.17) is 4.74 Å². The van der Waals surface area contributed by atoms with Gasteiger partial charge in [0.1, 0.15) is 5.82 Å². The molecule has 6 nitrogen and oxygen atoms in total. The molecule has 2 heterocycles. The quantitative estimate of drug-likeness (QED) is 0.675. The lowest BCUT2D eigenvalue weighted by molar-refractivity contribution is 0.0600. The highest BCUT2D eigenvalue weighted by molar-refractivity contribution is 6.08. The lowest BCUT2D eigenvalue weighted by Gasteiger charge is -2.19. The summed E-state index contributed by atoms with van der Waals surface area (Å²) in [6.07, 6.45) is 3.48. The van der Waals surface area contributed by atoms with E-state index in [0.29, 0.717) is 46.5 Å². The zero-order chi connectivity index (χ0) is 20.4. The van der Waals surface area contributed by atoms with Crippen LogP contribution < -0.4 is 5.32 Å². The second-order valence-corrected chi connectivity index (χ2v) is 6.90. The highest BCUT2D eigenvalue weighted by Crippen LogP contribution is 2.31. The molecule has 0 aliphatic carbocycles. The smallest absolute Gasteiger partial charge is 0.337 e. The van der Waals surface area contributed by atoms with Crippen molar-refractivity contribution in [3.05, 3.63) is 65.6 Å². The van der Waals surface area contributed by atoms with Crippen LogP contribution in [0.5, 0.6) is 0 Å². The zero-order valence-corrected chi connectivity index (χ0v) is 15.9. The van der Waals surface area contributed by atoms with Gasteiger partial charge < -0.3 is 15.0 Å². The van der Waals surface area contributed by atoms with E-state index in [9.17, 15) is 14.0 Å². The van der Waals surface area contributed by atoms with Gasteiger partial charge >= 0.3 is 5.97 Å². The molecule has 0 atom stereocenters. The highest BCUT2D eigenvalue weighted by atomic mass is 19.1. The molecule has 29 heavy (non-hydrogen) atoms. The predicted octanol–water partition coefficient (Wildman–Crippen LogP) is 4.14. The number of pyridine rings is 1. The molecule has 2 aromatic carbocycles. The predicted molar refractivity (Wildman–Crippen MR) is 108 cm³/mol. The third-order valence-electron chi connectivity index (χ3n) is 5.03. The Morgan fingerprint density at radius 2 is 1.83 bits per heavy atom. The van der Waals surface area contributed by atoms with Gasteiger partial charge in [0.05, 0.1) is 29.4 Å². The Morgan fingerprint density at radius 1 is 1.10 bits per heavy atom. The molecule has 1 saturated heterocycles. The van der Waals surface area contributed by atoms with Crippen molar-refractivity contribution in [3.8, 4) is 0 Å². The molecule has 1 aliphatic heterocycles. The molecule has 148 valence electrons. The van der Waals surface area contributed by atoms with Crippen LogP contribution in [0.25, 0.3) is 10.9 Å². The number of hydrogen-bond donors (Lipinski definition) is 1. The molecule has 4 rings (SSSR count). The highest BCUT2D eigenvalue weighted by Gasteiger charge is 2.24. The summed E-state index contributed by atoms with van der Waals surface area (Å²) in [5.41, 5.74) is 2.54. The molecule has 3 aromatic rings. The minimum absolute atomic E-state index is 0.130. The Morgan fingerprint density at radius 3 is 2.52 bits per heavy atom. The van der Waals surface area contributed by atoms with Crippen molar-refractivity contribution in [2.75, 3.05) is 25.5 Å². The summed E-state index contributed by atoms with van der Waals surface area (Å²) in [6.45, 7) is 1.40. The summed E-state index contributed by atoms with van der Waals surface area (Å²) in [7, 11) is 1.32. The Bertz CT molecular complexity index is 1080. The standard InChI is InChI=1S/C22H20FN3O3/c1-29-22(28)14-4-7-16(8-5-14)25-20-17-12-15(23)6-9-19(17)24-13-18(20)21(27)26-10-2-3-11-26/h4-9,12-13H,2-3,10-11H2,1H3,(H,24,25). The molecule has 1 aromatic heterocycles. The molecule has 0 spiro atoms. The first-order valence-corrected chi connectivity index (χ1v) is 9.40. The number of rotatable bonds is 4. The Balaban J connectivity index is 1.77. The van der Waals surface area contributed by atoms with Crippen molar-refractivity contribution >= 4 is 34.2 Å². The third-order valence-corrected chi connectivity index (χ3v) is 5.03. The van der Waals surface area contributed by atoms with Crippen LogP contribution in [0.15, 0.2) is 48.7 Å². The summed E-state index contributed by atoms with van der Waals surface area (Å²) < 4.78 is 18.7. The van der Waals surface area contributed by atoms with Crippen molar-refractivity contribution in [2.45, 2.75) is 12.8 Å². The van der Waals surface area contributed by atoms with E-state index in [0.717, 1.165) is 12.8 Å². The van der Waals surface area contributed by atoms with Crippen molar-refractivity contribution in [2.24, 2.45) is 0 Å². The van der Waals surface area contributed by atoms with Crippen molar-refractivity contribution in [1.82, 2.24) is 9.88 Å². The first-order chi connectivity index (χ1) is 14.1. The molecule has 0 radical (unpaired) electrons. The number of amides is 1. The first kappa shape index (κ1) is 18.9. The maximum atomic E-state index is 14.0. The molecule has 0 saturated carbocycles. The van der Waals surface area contributed by atoms with Crippen molar-refractivity contribution in [1.29, 1.82) is 0 Å². The van der Waals surface area contributed by atoms with Gasteiger partial charge in [-0.05, 0) is 55.3 Å². The van der Waals surface area contributed by atoms with Gasteiger partial charge in [-0.1, -0.05) is 0 Å². The number of ether oxygens (including phenoxy) is 1. The fourth-order valence-electron chi connectivity index (χ4n) is 3.50. The van der Waals surface area contributed by atoms with E-state index in [1.165, 1.54) is 25.4 Å². The lowest BCUT2D eigenvalue weighted by atomic mass is 10.1. The lowest BCUT2D eigenvalue weighted by Crippen LogP contribution is -2.28. The third kappa shape index (κ3) is 3.76. The molecule has 1 amide bonds. The molecular formula is C22H20FN3O3. The number of esters is 1. The summed E-state index contributed by atoms with van der Waals surface area (Å²) in [5, 5.41) is 3.75. The molecule has 0 unspecified atom stereocenters. The number of hydrogen-bond acceptors (Lipinski definition) is 5. The number of nitrogens with one attached hydrogen (secondary N) is 1. The number of nitrogens with zero attached hydrogens (tertiary/aromatic N) is 2. The second kappa shape index (κ2) is 7.87. The van der Waals surface area contributed by atoms with Gasteiger partial charge in [0.25, 0.3) is 5.91 Å². The number of halogens is 1. The van der Waals surface area contributed by atoms with E-state index in [2.05, 4.69) is 10.3 Å². The minimum Gasteiger partial charge on any atom is -0.465 e. The number of methoxy groups -OCH3 is 1. The summed E-state index contributed by atoms with van der Waals surface area (Å²) in [4.78, 5) is 30.8. The van der Waals surface area contributed by atoms with Crippen molar-refractivity contribution in [3.63, 3.8) is 0 Å². The SMILES string of the molecule is COC(=O)c1ccc(Nc2c(C(=O)N3CCCC3)cnc3ccc(F)cc23)cc1. The number of carbonyl (C=O) groups is 2. The fraction of sp³-hybridized carbons (Fsp3) is 0.227. The Labute approximate surface area is 167 Å². The normalized spacial score (nSPS) is 13.5. The van der Waals surface area contributed by atoms with Crippen LogP contribution in [0.4, 0.5) is 15.8 Å². The van der Waals surface area contributed by atoms with Gasteiger partial charge in [-0.25, -0.2) is 9.18 Å². The van der Waals surface area contributed by atoms with Crippen LogP contribution >= 0.6 is 0 Å². The summed E-state index contributed by atoms with van der Waals surface area (Å²) in [5.74, 6) is -0.970. The molecule has 1 N–H and O–H groups in total.